The first-order valence-electron chi connectivity index (χ1n) is 5.24. The Hall–Kier alpha value is -1.79. The van der Waals surface area contributed by atoms with Crippen LogP contribution < -0.4 is 15.4 Å². The molecule has 1 heterocycles. The number of nitrogens with two attached hydrogens (primary N) is 1. The fraction of sp³-hybridized carbons (Fsp3) is 0.364. The summed E-state index contributed by atoms with van der Waals surface area (Å²) >= 11 is 0. The molecule has 1 aromatic carbocycles. The molecular weight excluding hydrogens is 224 g/mol. The normalized spacial score (nSPS) is 16.4. The van der Waals surface area contributed by atoms with Crippen molar-refractivity contribution in [3.63, 3.8) is 0 Å². The van der Waals surface area contributed by atoms with Gasteiger partial charge in [-0.15, -0.1) is 0 Å². The number of β-amino-alcohol motifs (C(OH)–C–C–N with tert-alkyl or cyclic N) is 1. The minimum Gasteiger partial charge on any atom is -0.481 e. The first kappa shape index (κ1) is 11.7. The Morgan fingerprint density at radius 3 is 3.00 bits per heavy atom. The van der Waals surface area contributed by atoms with Crippen molar-refractivity contribution >= 4 is 17.3 Å². The smallest absolute Gasteiger partial charge is 0.265 e. The molecule has 17 heavy (non-hydrogen) atoms. The van der Waals surface area contributed by atoms with Gasteiger partial charge in [-0.05, 0) is 12.1 Å². The number of nitrogen functional groups attached to an aromatic ring is 1. The number of amides is 1. The SMILES string of the molecule is Nc1cccc2c1N(CC(O)CO)C(=O)CO2. The number of anilines is 2. The number of carbonyl (C=O) groups is 1. The number of hydrogen-bond acceptors (Lipinski definition) is 5. The lowest BCUT2D eigenvalue weighted by Crippen LogP contribution is -2.44. The van der Waals surface area contributed by atoms with Crippen LogP contribution in [0.15, 0.2) is 18.2 Å². The molecule has 2 rings (SSSR count). The number of hydrogen-bond donors (Lipinski definition) is 3. The lowest BCUT2D eigenvalue weighted by molar-refractivity contribution is -0.121. The number of ether oxygens (including phenoxy) is 1. The third-order valence-electron chi connectivity index (χ3n) is 2.56. The summed E-state index contributed by atoms with van der Waals surface area (Å²) in [4.78, 5) is 13.1. The zero-order valence-corrected chi connectivity index (χ0v) is 9.17. The second-order valence-corrected chi connectivity index (χ2v) is 3.82. The minimum atomic E-state index is -0.996. The number of rotatable bonds is 3. The first-order chi connectivity index (χ1) is 8.13. The average Bonchev–Trinajstić information content (AvgIpc) is 2.33. The van der Waals surface area contributed by atoms with Gasteiger partial charge in [-0.2, -0.15) is 0 Å². The lowest BCUT2D eigenvalue weighted by atomic mass is 10.2. The summed E-state index contributed by atoms with van der Waals surface area (Å²) in [5, 5.41) is 18.2. The Morgan fingerprint density at radius 2 is 2.29 bits per heavy atom. The monoisotopic (exact) mass is 238 g/mol. The molecule has 0 bridgehead atoms. The first-order valence-corrected chi connectivity index (χ1v) is 5.24. The Kier molecular flexibility index (Phi) is 3.16. The van der Waals surface area contributed by atoms with Crippen LogP contribution in [-0.2, 0) is 4.79 Å². The van der Waals surface area contributed by atoms with Crippen molar-refractivity contribution in [2.75, 3.05) is 30.4 Å². The van der Waals surface area contributed by atoms with Crippen molar-refractivity contribution in [2.24, 2.45) is 0 Å². The maximum Gasteiger partial charge on any atom is 0.265 e. The van der Waals surface area contributed by atoms with E-state index in [0.29, 0.717) is 17.1 Å². The van der Waals surface area contributed by atoms with Crippen molar-refractivity contribution in [3.8, 4) is 5.75 Å². The summed E-state index contributed by atoms with van der Waals surface area (Å²) in [6.45, 7) is -0.499. The van der Waals surface area contributed by atoms with Crippen LogP contribution in [0.4, 0.5) is 11.4 Å². The predicted octanol–water partition coefficient (Wildman–Crippen LogP) is -0.653. The second kappa shape index (κ2) is 4.60. The van der Waals surface area contributed by atoms with E-state index in [2.05, 4.69) is 0 Å². The third kappa shape index (κ3) is 2.17. The molecule has 1 unspecified atom stereocenters. The molecule has 0 saturated heterocycles. The zero-order valence-electron chi connectivity index (χ0n) is 9.17. The molecule has 0 saturated carbocycles. The number of carbonyl (C=O) groups excluding carboxylic acids is 1. The molecular formula is C11H14N2O4. The van der Waals surface area contributed by atoms with Crippen LogP contribution in [0.3, 0.4) is 0 Å². The number of aliphatic hydroxyl groups excluding tert-OH is 2. The molecule has 4 N–H and O–H groups in total. The maximum atomic E-state index is 11.7. The van der Waals surface area contributed by atoms with Gasteiger partial charge in [0.05, 0.1) is 24.9 Å². The van der Waals surface area contributed by atoms with Gasteiger partial charge in [0.1, 0.15) is 11.4 Å². The Balaban J connectivity index is 2.36. The third-order valence-corrected chi connectivity index (χ3v) is 2.56. The van der Waals surface area contributed by atoms with Gasteiger partial charge in [-0.25, -0.2) is 0 Å². The summed E-state index contributed by atoms with van der Waals surface area (Å²) in [5.74, 6) is 0.220. The summed E-state index contributed by atoms with van der Waals surface area (Å²) in [5.41, 5.74) is 6.65. The highest BCUT2D eigenvalue weighted by Gasteiger charge is 2.28. The number of fused-ring (bicyclic) bond motifs is 1. The van der Waals surface area contributed by atoms with Gasteiger partial charge in [-0.3, -0.25) is 4.79 Å². The van der Waals surface area contributed by atoms with Crippen LogP contribution in [-0.4, -0.2) is 42.0 Å². The van der Waals surface area contributed by atoms with E-state index >= 15 is 0 Å². The molecule has 1 amide bonds. The molecule has 1 aliphatic rings. The van der Waals surface area contributed by atoms with Crippen LogP contribution in [0.1, 0.15) is 0 Å². The number of aliphatic hydroxyl groups is 2. The van der Waals surface area contributed by atoms with E-state index < -0.39 is 12.7 Å². The standard InChI is InChI=1S/C11H14N2O4/c12-8-2-1-3-9-11(8)13(4-7(15)5-14)10(16)6-17-9/h1-3,7,14-15H,4-6,12H2. The predicted molar refractivity (Wildman–Crippen MR) is 61.8 cm³/mol. The molecule has 1 atom stereocenters. The number of para-hydroxylation sites is 1. The largest absolute Gasteiger partial charge is 0.481 e. The molecule has 6 heteroatoms. The topological polar surface area (TPSA) is 96.0 Å². The molecule has 1 aromatic rings. The lowest BCUT2D eigenvalue weighted by Gasteiger charge is -2.31. The van der Waals surface area contributed by atoms with Crippen molar-refractivity contribution < 1.29 is 19.7 Å². The summed E-state index contributed by atoms with van der Waals surface area (Å²) in [7, 11) is 0. The number of nitrogens with zero attached hydrogens (tertiary/aromatic N) is 1. The highest BCUT2D eigenvalue weighted by atomic mass is 16.5. The quantitative estimate of drug-likeness (QED) is 0.608. The summed E-state index contributed by atoms with van der Waals surface area (Å²) in [6, 6.07) is 5.08. The van der Waals surface area contributed by atoms with Gasteiger partial charge < -0.3 is 25.6 Å². The molecule has 0 radical (unpaired) electrons. The Bertz CT molecular complexity index is 435. The Labute approximate surface area is 98.2 Å². The average molecular weight is 238 g/mol. The highest BCUT2D eigenvalue weighted by Crippen LogP contribution is 2.37. The van der Waals surface area contributed by atoms with Crippen molar-refractivity contribution in [2.45, 2.75) is 6.10 Å². The molecule has 0 aliphatic carbocycles. The fourth-order valence-corrected chi connectivity index (χ4v) is 1.75. The van der Waals surface area contributed by atoms with Crippen LogP contribution in [0.25, 0.3) is 0 Å². The molecule has 92 valence electrons. The van der Waals surface area contributed by atoms with E-state index in [4.69, 9.17) is 15.6 Å². The van der Waals surface area contributed by atoms with Crippen LogP contribution in [0.5, 0.6) is 5.75 Å². The summed E-state index contributed by atoms with van der Waals surface area (Å²) in [6.07, 6.45) is -0.996. The highest BCUT2D eigenvalue weighted by molar-refractivity contribution is 6.01. The van der Waals surface area contributed by atoms with Gasteiger partial charge in [-0.1, -0.05) is 6.07 Å². The van der Waals surface area contributed by atoms with Gasteiger partial charge >= 0.3 is 0 Å². The molecule has 0 fully saturated rings. The molecule has 1 aliphatic heterocycles. The van der Waals surface area contributed by atoms with Crippen LogP contribution in [0.2, 0.25) is 0 Å². The second-order valence-electron chi connectivity index (χ2n) is 3.82. The van der Waals surface area contributed by atoms with Crippen LogP contribution >= 0.6 is 0 Å². The van der Waals surface area contributed by atoms with E-state index in [1.165, 1.54) is 4.90 Å². The summed E-state index contributed by atoms with van der Waals surface area (Å²) < 4.78 is 5.25. The van der Waals surface area contributed by atoms with E-state index in [1.807, 2.05) is 0 Å². The van der Waals surface area contributed by atoms with Crippen molar-refractivity contribution in [3.05, 3.63) is 18.2 Å². The zero-order chi connectivity index (χ0) is 12.4. The van der Waals surface area contributed by atoms with Gasteiger partial charge in [0.25, 0.3) is 5.91 Å². The van der Waals surface area contributed by atoms with E-state index in [9.17, 15) is 9.90 Å². The maximum absolute atomic E-state index is 11.7. The van der Waals surface area contributed by atoms with Crippen LogP contribution in [0, 0.1) is 0 Å². The minimum absolute atomic E-state index is 0.0000926. The van der Waals surface area contributed by atoms with E-state index in [-0.39, 0.29) is 19.1 Å². The van der Waals surface area contributed by atoms with Crippen molar-refractivity contribution in [1.82, 2.24) is 0 Å². The van der Waals surface area contributed by atoms with Gasteiger partial charge in [0.15, 0.2) is 6.61 Å². The molecule has 6 nitrogen and oxygen atoms in total. The van der Waals surface area contributed by atoms with E-state index in [1.54, 1.807) is 18.2 Å². The van der Waals surface area contributed by atoms with Gasteiger partial charge in [0.2, 0.25) is 0 Å². The molecule has 0 aromatic heterocycles. The number of benzene rings is 1. The Morgan fingerprint density at radius 1 is 1.53 bits per heavy atom. The van der Waals surface area contributed by atoms with Crippen molar-refractivity contribution in [1.29, 1.82) is 0 Å². The van der Waals surface area contributed by atoms with Gasteiger partial charge in [0, 0.05) is 0 Å². The fourth-order valence-electron chi connectivity index (χ4n) is 1.75. The molecule has 0 spiro atoms. The van der Waals surface area contributed by atoms with E-state index in [0.717, 1.165) is 0 Å².